The summed E-state index contributed by atoms with van der Waals surface area (Å²) >= 11 is 0. The molecule has 1 nitrogen and oxygen atoms in total. The molecule has 0 saturated heterocycles. The van der Waals surface area contributed by atoms with E-state index >= 15 is 0 Å². The molecular formula is C22H25INP. The molecule has 0 aliphatic carbocycles. The Kier molecular flexibility index (Phi) is 8.08. The van der Waals surface area contributed by atoms with Crippen LogP contribution in [0.4, 0.5) is 0 Å². The SMILES string of the molecule is NCCCC[P+](c1ccccc1)(c1ccccc1)c1ccccc1.[I-]. The van der Waals surface area contributed by atoms with Crippen molar-refractivity contribution in [2.24, 2.45) is 5.73 Å². The van der Waals surface area contributed by atoms with Crippen molar-refractivity contribution in [2.45, 2.75) is 12.8 Å². The largest absolute Gasteiger partial charge is 1.00 e. The van der Waals surface area contributed by atoms with Gasteiger partial charge >= 0.3 is 0 Å². The Morgan fingerprint density at radius 2 is 0.920 bits per heavy atom. The van der Waals surface area contributed by atoms with Gasteiger partial charge in [-0.3, -0.25) is 0 Å². The van der Waals surface area contributed by atoms with Crippen LogP contribution in [0.15, 0.2) is 91.0 Å². The first kappa shape index (κ1) is 20.1. The molecule has 0 fully saturated rings. The minimum absolute atomic E-state index is 0. The van der Waals surface area contributed by atoms with Gasteiger partial charge in [-0.1, -0.05) is 54.6 Å². The second-order valence-electron chi connectivity index (χ2n) is 6.04. The molecule has 0 radical (unpaired) electrons. The summed E-state index contributed by atoms with van der Waals surface area (Å²) in [5.74, 6) is 0. The number of hydrogen-bond donors (Lipinski definition) is 1. The van der Waals surface area contributed by atoms with Crippen LogP contribution in [0, 0.1) is 0 Å². The van der Waals surface area contributed by atoms with E-state index < -0.39 is 7.26 Å². The van der Waals surface area contributed by atoms with E-state index in [-0.39, 0.29) is 24.0 Å². The molecule has 3 rings (SSSR count). The molecule has 3 heteroatoms. The zero-order valence-corrected chi connectivity index (χ0v) is 17.4. The van der Waals surface area contributed by atoms with Gasteiger partial charge in [0.2, 0.25) is 0 Å². The van der Waals surface area contributed by atoms with Crippen molar-refractivity contribution in [2.75, 3.05) is 12.7 Å². The molecule has 0 bridgehead atoms. The molecule has 0 saturated carbocycles. The first-order chi connectivity index (χ1) is 11.9. The highest BCUT2D eigenvalue weighted by atomic mass is 127. The summed E-state index contributed by atoms with van der Waals surface area (Å²) in [6.07, 6.45) is 3.40. The molecule has 0 spiro atoms. The van der Waals surface area contributed by atoms with Crippen LogP contribution in [0.2, 0.25) is 0 Å². The van der Waals surface area contributed by atoms with Gasteiger partial charge in [0.1, 0.15) is 23.2 Å². The van der Waals surface area contributed by atoms with Crippen LogP contribution in [0.5, 0.6) is 0 Å². The normalized spacial score (nSPS) is 10.9. The molecule has 0 aliphatic heterocycles. The van der Waals surface area contributed by atoms with Crippen LogP contribution in [0.25, 0.3) is 0 Å². The molecule has 0 unspecified atom stereocenters. The lowest BCUT2D eigenvalue weighted by Gasteiger charge is -2.27. The molecule has 25 heavy (non-hydrogen) atoms. The minimum atomic E-state index is -1.64. The Bertz CT molecular complexity index is 635. The second-order valence-corrected chi connectivity index (χ2v) is 9.65. The third-order valence-electron chi connectivity index (χ3n) is 4.54. The van der Waals surface area contributed by atoms with Crippen molar-refractivity contribution in [1.29, 1.82) is 0 Å². The molecule has 2 N–H and O–H groups in total. The van der Waals surface area contributed by atoms with Crippen LogP contribution in [-0.2, 0) is 0 Å². The van der Waals surface area contributed by atoms with Crippen molar-refractivity contribution in [1.82, 2.24) is 0 Å². The molecule has 0 aromatic heterocycles. The van der Waals surface area contributed by atoms with Crippen molar-refractivity contribution >= 4 is 23.2 Å². The van der Waals surface area contributed by atoms with Crippen LogP contribution < -0.4 is 45.6 Å². The summed E-state index contributed by atoms with van der Waals surface area (Å²) in [6, 6.07) is 33.1. The summed E-state index contributed by atoms with van der Waals surface area (Å²) in [5, 5.41) is 4.37. The molecule has 0 amide bonds. The summed E-state index contributed by atoms with van der Waals surface area (Å²) in [5.41, 5.74) is 5.79. The van der Waals surface area contributed by atoms with E-state index in [0.29, 0.717) is 0 Å². The summed E-state index contributed by atoms with van der Waals surface area (Å²) in [6.45, 7) is 0.762. The minimum Gasteiger partial charge on any atom is -1.00 e. The van der Waals surface area contributed by atoms with E-state index in [0.717, 1.165) is 19.4 Å². The monoisotopic (exact) mass is 461 g/mol. The van der Waals surface area contributed by atoms with Gasteiger partial charge in [-0.2, -0.15) is 0 Å². The van der Waals surface area contributed by atoms with Gasteiger partial charge in [0.15, 0.2) is 0 Å². The number of hydrogen-bond acceptors (Lipinski definition) is 1. The van der Waals surface area contributed by atoms with Gasteiger partial charge in [0, 0.05) is 0 Å². The second kappa shape index (κ2) is 10.1. The van der Waals surface area contributed by atoms with Crippen molar-refractivity contribution in [3.05, 3.63) is 91.0 Å². The van der Waals surface area contributed by atoms with Crippen molar-refractivity contribution < 1.29 is 24.0 Å². The van der Waals surface area contributed by atoms with Gasteiger partial charge in [-0.25, -0.2) is 0 Å². The molecule has 3 aromatic rings. The fourth-order valence-electron chi connectivity index (χ4n) is 3.38. The zero-order valence-electron chi connectivity index (χ0n) is 14.4. The lowest BCUT2D eigenvalue weighted by Crippen LogP contribution is -3.00. The predicted molar refractivity (Wildman–Crippen MR) is 108 cm³/mol. The zero-order chi connectivity index (χ0) is 16.7. The Labute approximate surface area is 169 Å². The third-order valence-corrected chi connectivity index (χ3v) is 9.06. The number of nitrogens with two attached hydrogens (primary N) is 1. The Morgan fingerprint density at radius 1 is 0.560 bits per heavy atom. The number of halogens is 1. The van der Waals surface area contributed by atoms with E-state index in [1.54, 1.807) is 0 Å². The van der Waals surface area contributed by atoms with Crippen LogP contribution >= 0.6 is 7.26 Å². The average Bonchev–Trinajstić information content (AvgIpc) is 2.68. The van der Waals surface area contributed by atoms with Gasteiger partial charge in [0.25, 0.3) is 0 Å². The van der Waals surface area contributed by atoms with Gasteiger partial charge in [-0.05, 0) is 55.8 Å². The first-order valence-corrected chi connectivity index (χ1v) is 10.6. The maximum absolute atomic E-state index is 5.79. The summed E-state index contributed by atoms with van der Waals surface area (Å²) in [7, 11) is -1.64. The third kappa shape index (κ3) is 4.49. The quantitative estimate of drug-likeness (QED) is 0.314. The topological polar surface area (TPSA) is 26.0 Å². The fourth-order valence-corrected chi connectivity index (χ4v) is 7.79. The highest BCUT2D eigenvalue weighted by molar-refractivity contribution is 7.95. The standard InChI is InChI=1S/C22H25NP.HI/c23-18-10-11-19-24(20-12-4-1-5-13-20,21-14-6-2-7-15-21)22-16-8-3-9-17-22;/h1-9,12-17H,10-11,18-19,23H2;1H/q+1;/p-1. The van der Waals surface area contributed by atoms with E-state index in [4.69, 9.17) is 5.73 Å². The molecule has 3 aromatic carbocycles. The Hall–Kier alpha value is -1.22. The van der Waals surface area contributed by atoms with Gasteiger partial charge in [0.05, 0.1) is 6.16 Å². The number of benzene rings is 3. The molecule has 0 atom stereocenters. The van der Waals surface area contributed by atoms with Crippen LogP contribution in [0.3, 0.4) is 0 Å². The first-order valence-electron chi connectivity index (χ1n) is 8.63. The maximum Gasteiger partial charge on any atom is 0.112 e. The summed E-state index contributed by atoms with van der Waals surface area (Å²) < 4.78 is 0. The Balaban J connectivity index is 0.00000225. The number of unbranched alkanes of at least 4 members (excludes halogenated alkanes) is 1. The van der Waals surface area contributed by atoms with Crippen molar-refractivity contribution in [3.63, 3.8) is 0 Å². The Morgan fingerprint density at radius 3 is 1.24 bits per heavy atom. The molecule has 0 heterocycles. The molecule has 130 valence electrons. The number of rotatable bonds is 7. The van der Waals surface area contributed by atoms with Crippen LogP contribution in [0.1, 0.15) is 12.8 Å². The van der Waals surface area contributed by atoms with E-state index in [1.165, 1.54) is 22.1 Å². The van der Waals surface area contributed by atoms with E-state index in [1.807, 2.05) is 0 Å². The van der Waals surface area contributed by atoms with Crippen molar-refractivity contribution in [3.8, 4) is 0 Å². The molecular weight excluding hydrogens is 436 g/mol. The highest BCUT2D eigenvalue weighted by Gasteiger charge is 2.44. The molecule has 0 aliphatic rings. The van der Waals surface area contributed by atoms with Crippen LogP contribution in [-0.4, -0.2) is 12.7 Å². The summed E-state index contributed by atoms with van der Waals surface area (Å²) in [4.78, 5) is 0. The smallest absolute Gasteiger partial charge is 0.112 e. The van der Waals surface area contributed by atoms with E-state index in [2.05, 4.69) is 91.0 Å². The van der Waals surface area contributed by atoms with Gasteiger partial charge in [-0.15, -0.1) is 0 Å². The van der Waals surface area contributed by atoms with E-state index in [9.17, 15) is 0 Å². The fraction of sp³-hybridized carbons (Fsp3) is 0.182. The predicted octanol–water partition coefficient (Wildman–Crippen LogP) is 0.723. The lowest BCUT2D eigenvalue weighted by atomic mass is 10.3. The van der Waals surface area contributed by atoms with Gasteiger partial charge < -0.3 is 29.7 Å². The lowest BCUT2D eigenvalue weighted by molar-refractivity contribution is -0.00000479. The maximum atomic E-state index is 5.79. The average molecular weight is 461 g/mol. The highest BCUT2D eigenvalue weighted by Crippen LogP contribution is 2.55.